The largest absolute Gasteiger partial charge is 0.481 e. The van der Waals surface area contributed by atoms with E-state index in [1.807, 2.05) is 20.8 Å². The van der Waals surface area contributed by atoms with Crippen molar-refractivity contribution >= 4 is 35.1 Å². The summed E-state index contributed by atoms with van der Waals surface area (Å²) in [5.41, 5.74) is -0.410. The van der Waals surface area contributed by atoms with Gasteiger partial charge < -0.3 is 20.5 Å². The van der Waals surface area contributed by atoms with E-state index in [1.165, 1.54) is 0 Å². The number of carbonyl (C=O) groups is 6. The van der Waals surface area contributed by atoms with Gasteiger partial charge in [-0.1, -0.05) is 27.7 Å². The third kappa shape index (κ3) is 18.3. The van der Waals surface area contributed by atoms with E-state index in [9.17, 15) is 33.9 Å². The molecule has 0 aliphatic rings. The minimum Gasteiger partial charge on any atom is -0.481 e. The second-order valence-corrected chi connectivity index (χ2v) is 10.9. The van der Waals surface area contributed by atoms with Crippen LogP contribution in [0.25, 0.3) is 0 Å². The minimum atomic E-state index is -1.09. The SMILES string of the molecule is C#CCCC(=O)N[C@H](CCCCNC(=O)CC[C@@H](CC(=O)CC)C(=O)O)C(=O)CCCOCCC(=O)C(C)(C)C. The molecule has 0 aliphatic carbocycles. The zero-order valence-corrected chi connectivity index (χ0v) is 24.6. The minimum absolute atomic E-state index is 0.00669. The summed E-state index contributed by atoms with van der Waals surface area (Å²) >= 11 is 0. The van der Waals surface area contributed by atoms with E-state index in [2.05, 4.69) is 16.6 Å². The third-order valence-electron chi connectivity index (χ3n) is 6.42. The zero-order valence-electron chi connectivity index (χ0n) is 24.6. The first-order chi connectivity index (χ1) is 18.8. The molecule has 0 rings (SSSR count). The van der Waals surface area contributed by atoms with Crippen LogP contribution in [0.15, 0.2) is 0 Å². The number of terminal acetylenes is 1. The molecule has 0 bridgehead atoms. The van der Waals surface area contributed by atoms with Gasteiger partial charge in [0, 0.05) is 63.5 Å². The average molecular weight is 565 g/mol. The Labute approximate surface area is 238 Å². The van der Waals surface area contributed by atoms with Crippen molar-refractivity contribution in [3.8, 4) is 12.3 Å². The molecule has 0 unspecified atom stereocenters. The highest BCUT2D eigenvalue weighted by Crippen LogP contribution is 2.16. The third-order valence-corrected chi connectivity index (χ3v) is 6.42. The number of amides is 2. The van der Waals surface area contributed by atoms with E-state index in [0.717, 1.165) is 0 Å². The first-order valence-corrected chi connectivity index (χ1v) is 14.2. The van der Waals surface area contributed by atoms with Crippen LogP contribution in [0.5, 0.6) is 0 Å². The van der Waals surface area contributed by atoms with Gasteiger partial charge in [0.15, 0.2) is 5.78 Å². The first kappa shape index (κ1) is 36.9. The summed E-state index contributed by atoms with van der Waals surface area (Å²) in [7, 11) is 0. The maximum absolute atomic E-state index is 12.8. The summed E-state index contributed by atoms with van der Waals surface area (Å²) in [5, 5.41) is 14.7. The first-order valence-electron chi connectivity index (χ1n) is 14.2. The van der Waals surface area contributed by atoms with Gasteiger partial charge in [-0.15, -0.1) is 12.3 Å². The molecule has 2 amide bonds. The molecule has 0 saturated carbocycles. The summed E-state index contributed by atoms with van der Waals surface area (Å²) in [4.78, 5) is 71.9. The molecular weight excluding hydrogens is 516 g/mol. The number of unbranched alkanes of at least 4 members (excludes halogenated alkanes) is 1. The van der Waals surface area contributed by atoms with Gasteiger partial charge in [0.05, 0.1) is 18.6 Å². The number of Topliss-reactive ketones (excluding diaryl/α,β-unsaturated/α-hetero) is 3. The van der Waals surface area contributed by atoms with Crippen LogP contribution in [0.3, 0.4) is 0 Å². The van der Waals surface area contributed by atoms with Crippen LogP contribution in [0.1, 0.15) is 105 Å². The van der Waals surface area contributed by atoms with Crippen molar-refractivity contribution in [2.75, 3.05) is 19.8 Å². The number of hydrogen-bond acceptors (Lipinski definition) is 7. The van der Waals surface area contributed by atoms with Crippen molar-refractivity contribution in [3.63, 3.8) is 0 Å². The van der Waals surface area contributed by atoms with Gasteiger partial charge in [-0.25, -0.2) is 0 Å². The standard InChI is InChI=1S/C30H48N2O8/c1-6-8-14-28(37)32-24(25(34)13-11-19-40-20-17-26(35)30(3,4)5)12-9-10-18-31-27(36)16-15-22(29(38)39)21-23(33)7-2/h1,22,24H,7-21H2,2-5H3,(H,31,36)(H,32,37)(H,38,39)/t22-,24+/m0/s1. The predicted molar refractivity (Wildman–Crippen MR) is 151 cm³/mol. The molecule has 2 atom stereocenters. The maximum Gasteiger partial charge on any atom is 0.306 e. The number of ketones is 3. The molecule has 3 N–H and O–H groups in total. The van der Waals surface area contributed by atoms with E-state index in [1.54, 1.807) is 6.92 Å². The van der Waals surface area contributed by atoms with Crippen molar-refractivity contribution in [1.29, 1.82) is 0 Å². The Balaban J connectivity index is 4.52. The molecule has 0 aromatic rings. The van der Waals surface area contributed by atoms with E-state index in [-0.39, 0.29) is 74.1 Å². The van der Waals surface area contributed by atoms with Crippen molar-refractivity contribution in [2.45, 2.75) is 111 Å². The van der Waals surface area contributed by atoms with Gasteiger partial charge in [0.1, 0.15) is 11.6 Å². The lowest BCUT2D eigenvalue weighted by atomic mass is 9.89. The molecule has 0 aromatic heterocycles. The van der Waals surface area contributed by atoms with Crippen molar-refractivity contribution in [1.82, 2.24) is 10.6 Å². The van der Waals surface area contributed by atoms with Gasteiger partial charge in [0.2, 0.25) is 11.8 Å². The molecule has 0 aliphatic heterocycles. The number of aliphatic carboxylic acids is 1. The number of carbonyl (C=O) groups excluding carboxylic acids is 5. The normalized spacial score (nSPS) is 12.6. The number of hydrogen-bond donors (Lipinski definition) is 3. The van der Waals surface area contributed by atoms with Crippen molar-refractivity contribution in [2.24, 2.45) is 11.3 Å². The Morgan fingerprint density at radius 2 is 1.60 bits per heavy atom. The quantitative estimate of drug-likeness (QED) is 0.126. The highest BCUT2D eigenvalue weighted by atomic mass is 16.5. The summed E-state index contributed by atoms with van der Waals surface area (Å²) in [6, 6.07) is -0.670. The van der Waals surface area contributed by atoms with Crippen LogP contribution in [0.2, 0.25) is 0 Å². The Morgan fingerprint density at radius 3 is 2.20 bits per heavy atom. The van der Waals surface area contributed by atoms with Crippen LogP contribution in [-0.2, 0) is 33.5 Å². The van der Waals surface area contributed by atoms with Gasteiger partial charge in [-0.3, -0.25) is 28.8 Å². The number of ether oxygens (including phenoxy) is 1. The number of nitrogens with one attached hydrogen (secondary N) is 2. The van der Waals surface area contributed by atoms with E-state index in [0.29, 0.717) is 51.9 Å². The van der Waals surface area contributed by atoms with Crippen LogP contribution in [0.4, 0.5) is 0 Å². The molecule has 0 saturated heterocycles. The Bertz CT molecular complexity index is 885. The molecule has 0 spiro atoms. The number of rotatable bonds is 23. The molecule has 10 heteroatoms. The van der Waals surface area contributed by atoms with Gasteiger partial charge in [-0.05, 0) is 32.1 Å². The fraction of sp³-hybridized carbons (Fsp3) is 0.733. The maximum atomic E-state index is 12.8. The predicted octanol–water partition coefficient (Wildman–Crippen LogP) is 3.39. The Hall–Kier alpha value is -3.06. The fourth-order valence-electron chi connectivity index (χ4n) is 3.76. The molecule has 0 radical (unpaired) electrons. The lowest BCUT2D eigenvalue weighted by Crippen LogP contribution is -2.41. The zero-order chi connectivity index (χ0) is 30.6. The molecule has 0 aromatic carbocycles. The smallest absolute Gasteiger partial charge is 0.306 e. The van der Waals surface area contributed by atoms with Crippen LogP contribution >= 0.6 is 0 Å². The molecular formula is C30H48N2O8. The Kier molecular flexibility index (Phi) is 19.2. The van der Waals surface area contributed by atoms with Crippen molar-refractivity contribution in [3.05, 3.63) is 0 Å². The molecule has 40 heavy (non-hydrogen) atoms. The topological polar surface area (TPSA) is 156 Å². The van der Waals surface area contributed by atoms with Crippen molar-refractivity contribution < 1.29 is 38.6 Å². The highest BCUT2D eigenvalue weighted by Gasteiger charge is 2.23. The number of carboxylic acid groups (broad SMARTS) is 1. The molecule has 226 valence electrons. The lowest BCUT2D eigenvalue weighted by Gasteiger charge is -2.18. The van der Waals surface area contributed by atoms with Gasteiger partial charge in [0.25, 0.3) is 0 Å². The fourth-order valence-corrected chi connectivity index (χ4v) is 3.76. The number of carboxylic acids is 1. The lowest BCUT2D eigenvalue weighted by molar-refractivity contribution is -0.144. The molecule has 0 heterocycles. The van der Waals surface area contributed by atoms with E-state index in [4.69, 9.17) is 11.2 Å². The van der Waals surface area contributed by atoms with E-state index >= 15 is 0 Å². The van der Waals surface area contributed by atoms with Gasteiger partial charge in [-0.2, -0.15) is 0 Å². The van der Waals surface area contributed by atoms with E-state index < -0.39 is 23.3 Å². The summed E-state index contributed by atoms with van der Waals surface area (Å²) in [6.45, 7) is 8.22. The second kappa shape index (κ2) is 20.8. The van der Waals surface area contributed by atoms with Gasteiger partial charge >= 0.3 is 5.97 Å². The molecule has 0 fully saturated rings. The van der Waals surface area contributed by atoms with Crippen LogP contribution < -0.4 is 10.6 Å². The summed E-state index contributed by atoms with van der Waals surface area (Å²) < 4.78 is 5.50. The Morgan fingerprint density at radius 1 is 0.900 bits per heavy atom. The monoisotopic (exact) mass is 564 g/mol. The highest BCUT2D eigenvalue weighted by molar-refractivity contribution is 5.89. The van der Waals surface area contributed by atoms with Crippen LogP contribution in [-0.4, -0.2) is 66.0 Å². The molecule has 10 nitrogen and oxygen atoms in total. The van der Waals surface area contributed by atoms with Crippen LogP contribution in [0, 0.1) is 23.7 Å². The summed E-state index contributed by atoms with van der Waals surface area (Å²) in [6.07, 6.45) is 8.44. The summed E-state index contributed by atoms with van der Waals surface area (Å²) in [5.74, 6) is -0.305. The average Bonchev–Trinajstić information content (AvgIpc) is 2.89. The second-order valence-electron chi connectivity index (χ2n) is 10.9.